The molecule has 0 aliphatic heterocycles. The van der Waals surface area contributed by atoms with Crippen LogP contribution in [0.15, 0.2) is 60.7 Å². The third-order valence-corrected chi connectivity index (χ3v) is 9.14. The number of hydrogen-bond acceptors (Lipinski definition) is 1. The van der Waals surface area contributed by atoms with Gasteiger partial charge in [-0.1, -0.05) is 67.1 Å². The molecule has 0 radical (unpaired) electrons. The molecule has 4 rings (SSSR count). The van der Waals surface area contributed by atoms with Crippen LogP contribution in [0.3, 0.4) is 0 Å². The van der Waals surface area contributed by atoms with Gasteiger partial charge in [-0.15, -0.1) is 0 Å². The van der Waals surface area contributed by atoms with Gasteiger partial charge in [-0.2, -0.15) is 0 Å². The number of rotatable bonds is 3. The fourth-order valence-corrected chi connectivity index (χ4v) is 8.24. The lowest BCUT2D eigenvalue weighted by Gasteiger charge is -2.31. The van der Waals surface area contributed by atoms with Crippen molar-refractivity contribution in [3.05, 3.63) is 60.7 Å². The van der Waals surface area contributed by atoms with Crippen LogP contribution in [0.1, 0.15) is 25.7 Å². The van der Waals surface area contributed by atoms with E-state index < -0.39 is 7.14 Å². The smallest absolute Gasteiger partial charge is 0.146 e. The molecule has 2 aliphatic rings. The molecular weight excluding hydrogens is 275 g/mol. The van der Waals surface area contributed by atoms with Crippen molar-refractivity contribution in [3.63, 3.8) is 0 Å². The van der Waals surface area contributed by atoms with Gasteiger partial charge in [-0.3, -0.25) is 0 Å². The van der Waals surface area contributed by atoms with Crippen LogP contribution in [0, 0.1) is 11.8 Å². The first kappa shape index (κ1) is 13.3. The highest BCUT2D eigenvalue weighted by molar-refractivity contribution is 7.79. The van der Waals surface area contributed by atoms with Gasteiger partial charge in [0, 0.05) is 16.3 Å². The summed E-state index contributed by atoms with van der Waals surface area (Å²) < 4.78 is 14.2. The lowest BCUT2D eigenvalue weighted by atomic mass is 10.0. The standard InChI is InChI=1S/C19H21OP/c20-21(17-7-3-1-4-8-17,18-9-5-2-6-10-18)19-14-15-11-12-16(19)13-15/h1-10,15-16,19H,11-14H2/t15-,16+,19+/m0/s1. The van der Waals surface area contributed by atoms with Crippen molar-refractivity contribution in [3.8, 4) is 0 Å². The van der Waals surface area contributed by atoms with Crippen LogP contribution in [0.5, 0.6) is 0 Å². The lowest BCUT2D eigenvalue weighted by Crippen LogP contribution is -2.29. The molecule has 0 amide bonds. The summed E-state index contributed by atoms with van der Waals surface area (Å²) in [5.74, 6) is 1.49. The molecule has 3 atom stereocenters. The van der Waals surface area contributed by atoms with E-state index in [0.717, 1.165) is 22.9 Å². The molecule has 0 N–H and O–H groups in total. The SMILES string of the molecule is O=P(c1ccccc1)(c1ccccc1)[C@@H]1C[C@H]2CC[C@@H]1C2. The van der Waals surface area contributed by atoms with Gasteiger partial charge < -0.3 is 4.57 Å². The van der Waals surface area contributed by atoms with Crippen LogP contribution in [0.2, 0.25) is 0 Å². The van der Waals surface area contributed by atoms with E-state index in [4.69, 9.17) is 0 Å². The van der Waals surface area contributed by atoms with Gasteiger partial charge >= 0.3 is 0 Å². The topological polar surface area (TPSA) is 17.1 Å². The van der Waals surface area contributed by atoms with Crippen LogP contribution in [0.25, 0.3) is 0 Å². The molecule has 1 nitrogen and oxygen atoms in total. The molecule has 2 bridgehead atoms. The summed E-state index contributed by atoms with van der Waals surface area (Å²) in [6.07, 6.45) is 5.09. The molecule has 2 saturated carbocycles. The quantitative estimate of drug-likeness (QED) is 0.776. The molecule has 2 aliphatic carbocycles. The van der Waals surface area contributed by atoms with Gasteiger partial charge in [0.25, 0.3) is 0 Å². The Kier molecular flexibility index (Phi) is 3.27. The van der Waals surface area contributed by atoms with E-state index in [9.17, 15) is 4.57 Å². The molecule has 0 unspecified atom stereocenters. The van der Waals surface area contributed by atoms with Crippen molar-refractivity contribution < 1.29 is 4.57 Å². The van der Waals surface area contributed by atoms with Gasteiger partial charge in [0.15, 0.2) is 0 Å². The second kappa shape index (κ2) is 5.14. The second-order valence-corrected chi connectivity index (χ2v) is 9.58. The van der Waals surface area contributed by atoms with E-state index >= 15 is 0 Å². The summed E-state index contributed by atoms with van der Waals surface area (Å²) in [5, 5.41) is 2.10. The summed E-state index contributed by atoms with van der Waals surface area (Å²) in [6.45, 7) is 0. The van der Waals surface area contributed by atoms with E-state index in [2.05, 4.69) is 24.3 Å². The fraction of sp³-hybridized carbons (Fsp3) is 0.368. The summed E-state index contributed by atoms with van der Waals surface area (Å²) in [5.41, 5.74) is 0.362. The minimum absolute atomic E-state index is 0.362. The largest absolute Gasteiger partial charge is 0.313 e. The first-order valence-corrected chi connectivity index (χ1v) is 9.77. The van der Waals surface area contributed by atoms with Crippen molar-refractivity contribution in [2.24, 2.45) is 11.8 Å². The van der Waals surface area contributed by atoms with Gasteiger partial charge in [0.1, 0.15) is 7.14 Å². The van der Waals surface area contributed by atoms with Crippen LogP contribution < -0.4 is 10.6 Å². The molecule has 2 aromatic rings. The monoisotopic (exact) mass is 296 g/mol. The van der Waals surface area contributed by atoms with Crippen LogP contribution in [-0.4, -0.2) is 5.66 Å². The maximum atomic E-state index is 14.2. The Balaban J connectivity index is 1.85. The van der Waals surface area contributed by atoms with E-state index in [0.29, 0.717) is 11.6 Å². The average molecular weight is 296 g/mol. The highest BCUT2D eigenvalue weighted by Crippen LogP contribution is 2.62. The fourth-order valence-electron chi connectivity index (χ4n) is 4.49. The van der Waals surface area contributed by atoms with Crippen molar-refractivity contribution in [2.45, 2.75) is 31.3 Å². The van der Waals surface area contributed by atoms with Gasteiger partial charge in [-0.25, -0.2) is 0 Å². The number of hydrogen-bond donors (Lipinski definition) is 0. The summed E-state index contributed by atoms with van der Waals surface area (Å²) >= 11 is 0. The Morgan fingerprint density at radius 3 is 1.76 bits per heavy atom. The third kappa shape index (κ3) is 2.10. The average Bonchev–Trinajstić information content (AvgIpc) is 3.19. The van der Waals surface area contributed by atoms with E-state index in [-0.39, 0.29) is 0 Å². The van der Waals surface area contributed by atoms with E-state index in [1.165, 1.54) is 19.3 Å². The summed E-state index contributed by atoms with van der Waals surface area (Å²) in [4.78, 5) is 0. The first-order chi connectivity index (χ1) is 10.3. The van der Waals surface area contributed by atoms with Crippen molar-refractivity contribution >= 4 is 17.8 Å². The maximum Gasteiger partial charge on any atom is 0.146 e. The molecule has 0 spiro atoms. The summed E-state index contributed by atoms with van der Waals surface area (Å²) in [6, 6.07) is 20.4. The molecular formula is C19H21OP. The van der Waals surface area contributed by atoms with Gasteiger partial charge in [-0.05, 0) is 31.1 Å². The molecule has 2 fully saturated rings. The Bertz CT molecular complexity index is 621. The van der Waals surface area contributed by atoms with Gasteiger partial charge in [0.2, 0.25) is 0 Å². The highest BCUT2D eigenvalue weighted by Gasteiger charge is 2.49. The minimum atomic E-state index is -2.51. The predicted molar refractivity (Wildman–Crippen MR) is 89.0 cm³/mol. The molecule has 108 valence electrons. The van der Waals surface area contributed by atoms with E-state index in [1.54, 1.807) is 0 Å². The van der Waals surface area contributed by atoms with Crippen LogP contribution >= 0.6 is 7.14 Å². The Morgan fingerprint density at radius 1 is 0.762 bits per heavy atom. The molecule has 0 aromatic heterocycles. The Morgan fingerprint density at radius 2 is 1.33 bits per heavy atom. The normalized spacial score (nSPS) is 27.9. The minimum Gasteiger partial charge on any atom is -0.313 e. The molecule has 21 heavy (non-hydrogen) atoms. The van der Waals surface area contributed by atoms with Crippen molar-refractivity contribution in [1.82, 2.24) is 0 Å². The first-order valence-electron chi connectivity index (χ1n) is 7.99. The third-order valence-electron chi connectivity index (χ3n) is 5.45. The summed E-state index contributed by atoms with van der Waals surface area (Å²) in [7, 11) is -2.51. The number of fused-ring (bicyclic) bond motifs is 2. The Hall–Kier alpha value is -1.33. The van der Waals surface area contributed by atoms with Gasteiger partial charge in [0.05, 0.1) is 0 Å². The van der Waals surface area contributed by atoms with Crippen LogP contribution in [-0.2, 0) is 4.57 Å². The molecule has 0 saturated heterocycles. The molecule has 0 heterocycles. The zero-order chi connectivity index (χ0) is 14.3. The maximum absolute atomic E-state index is 14.2. The molecule has 2 aromatic carbocycles. The van der Waals surface area contributed by atoms with Crippen molar-refractivity contribution in [2.75, 3.05) is 0 Å². The zero-order valence-corrected chi connectivity index (χ0v) is 13.1. The predicted octanol–water partition coefficient (Wildman–Crippen LogP) is 4.19. The second-order valence-electron chi connectivity index (χ2n) is 6.57. The van der Waals surface area contributed by atoms with E-state index in [1.807, 2.05) is 36.4 Å². The number of benzene rings is 2. The zero-order valence-electron chi connectivity index (χ0n) is 12.2. The van der Waals surface area contributed by atoms with Crippen molar-refractivity contribution in [1.29, 1.82) is 0 Å². The van der Waals surface area contributed by atoms with Crippen LogP contribution in [0.4, 0.5) is 0 Å². The lowest BCUT2D eigenvalue weighted by molar-refractivity contribution is 0.470. The molecule has 2 heteroatoms. The Labute approximate surface area is 126 Å². The highest BCUT2D eigenvalue weighted by atomic mass is 31.2.